The first-order chi connectivity index (χ1) is 12.1. The second-order valence-corrected chi connectivity index (χ2v) is 7.57. The highest BCUT2D eigenvalue weighted by Crippen LogP contribution is 2.32. The van der Waals surface area contributed by atoms with Gasteiger partial charge >= 0.3 is 6.03 Å². The summed E-state index contributed by atoms with van der Waals surface area (Å²) in [6, 6.07) is 0.466. The van der Waals surface area contributed by atoms with Crippen molar-refractivity contribution in [1.82, 2.24) is 30.3 Å². The predicted octanol–water partition coefficient (Wildman–Crippen LogP) is 1.01. The van der Waals surface area contributed by atoms with Crippen molar-refractivity contribution in [3.8, 4) is 0 Å². The molecule has 1 atom stereocenters. The number of carbonyl (C=O) groups excluding carboxylic acids is 2. The fraction of sp³-hybridized carbons (Fsp3) is 0.765. The van der Waals surface area contributed by atoms with Gasteiger partial charge in [0.1, 0.15) is 5.82 Å². The predicted molar refractivity (Wildman–Crippen MR) is 90.9 cm³/mol. The minimum absolute atomic E-state index is 0.0121. The van der Waals surface area contributed by atoms with Crippen molar-refractivity contribution in [2.45, 2.75) is 51.0 Å². The number of likely N-dealkylation sites (tertiary alicyclic amines) is 2. The van der Waals surface area contributed by atoms with Crippen LogP contribution in [0.1, 0.15) is 49.7 Å². The SMILES string of the molecule is Cc1nc(C2CCN(C(=O)NC[C@@H]3CC(=O)N(C4CC4)C3)CC2)n[nH]1. The molecule has 1 saturated carbocycles. The second kappa shape index (κ2) is 6.65. The van der Waals surface area contributed by atoms with Crippen molar-refractivity contribution in [2.24, 2.45) is 5.92 Å². The first-order valence-corrected chi connectivity index (χ1v) is 9.31. The van der Waals surface area contributed by atoms with Gasteiger partial charge in [-0.1, -0.05) is 0 Å². The van der Waals surface area contributed by atoms with Gasteiger partial charge in [0.05, 0.1) is 0 Å². The van der Waals surface area contributed by atoms with Crippen LogP contribution < -0.4 is 5.32 Å². The average molecular weight is 346 g/mol. The average Bonchev–Trinajstić information content (AvgIpc) is 3.26. The van der Waals surface area contributed by atoms with Crippen LogP contribution in [-0.4, -0.2) is 69.1 Å². The molecule has 0 unspecified atom stereocenters. The van der Waals surface area contributed by atoms with Gasteiger partial charge < -0.3 is 15.1 Å². The van der Waals surface area contributed by atoms with E-state index >= 15 is 0 Å². The Kier molecular flexibility index (Phi) is 4.35. The van der Waals surface area contributed by atoms with Crippen molar-refractivity contribution < 1.29 is 9.59 Å². The molecule has 2 saturated heterocycles. The van der Waals surface area contributed by atoms with Gasteiger partial charge in [0.2, 0.25) is 5.91 Å². The zero-order chi connectivity index (χ0) is 17.4. The number of nitrogens with one attached hydrogen (secondary N) is 2. The largest absolute Gasteiger partial charge is 0.339 e. The van der Waals surface area contributed by atoms with E-state index in [4.69, 9.17) is 0 Å². The normalized spacial score (nSPS) is 24.8. The number of hydrogen-bond donors (Lipinski definition) is 2. The van der Waals surface area contributed by atoms with Gasteiger partial charge in [0.25, 0.3) is 0 Å². The van der Waals surface area contributed by atoms with Crippen LogP contribution in [0.25, 0.3) is 0 Å². The number of piperidine rings is 1. The lowest BCUT2D eigenvalue weighted by Gasteiger charge is -2.31. The fourth-order valence-corrected chi connectivity index (χ4v) is 3.91. The Balaban J connectivity index is 1.21. The van der Waals surface area contributed by atoms with Gasteiger partial charge in [0, 0.05) is 50.5 Å². The number of amides is 3. The zero-order valence-electron chi connectivity index (χ0n) is 14.7. The molecule has 1 aliphatic carbocycles. The summed E-state index contributed by atoms with van der Waals surface area (Å²) in [5.41, 5.74) is 0. The van der Waals surface area contributed by atoms with Gasteiger partial charge in [-0.2, -0.15) is 5.10 Å². The molecule has 4 rings (SSSR count). The Morgan fingerprint density at radius 3 is 2.68 bits per heavy atom. The molecule has 3 fully saturated rings. The van der Waals surface area contributed by atoms with E-state index in [-0.39, 0.29) is 17.9 Å². The van der Waals surface area contributed by atoms with Crippen molar-refractivity contribution in [3.63, 3.8) is 0 Å². The molecule has 0 radical (unpaired) electrons. The van der Waals surface area contributed by atoms with E-state index < -0.39 is 0 Å². The molecule has 136 valence electrons. The number of carbonyl (C=O) groups is 2. The third-order valence-corrected chi connectivity index (χ3v) is 5.53. The monoisotopic (exact) mass is 346 g/mol. The maximum Gasteiger partial charge on any atom is 0.317 e. The van der Waals surface area contributed by atoms with E-state index in [1.54, 1.807) is 0 Å². The maximum atomic E-state index is 12.4. The summed E-state index contributed by atoms with van der Waals surface area (Å²) in [6.07, 6.45) is 4.64. The van der Waals surface area contributed by atoms with Crippen LogP contribution in [0, 0.1) is 12.8 Å². The van der Waals surface area contributed by atoms with E-state index in [0.29, 0.717) is 24.9 Å². The summed E-state index contributed by atoms with van der Waals surface area (Å²) in [6.45, 7) is 4.74. The molecule has 0 bridgehead atoms. The Hall–Kier alpha value is -2.12. The number of nitrogens with zero attached hydrogens (tertiary/aromatic N) is 4. The molecule has 2 aliphatic heterocycles. The van der Waals surface area contributed by atoms with Crippen molar-refractivity contribution >= 4 is 11.9 Å². The number of aromatic nitrogens is 3. The fourth-order valence-electron chi connectivity index (χ4n) is 3.91. The number of urea groups is 1. The van der Waals surface area contributed by atoms with Crippen molar-refractivity contribution in [3.05, 3.63) is 11.6 Å². The Morgan fingerprint density at radius 2 is 2.04 bits per heavy atom. The molecule has 8 nitrogen and oxygen atoms in total. The number of aromatic amines is 1. The molecular formula is C17H26N6O2. The third kappa shape index (κ3) is 3.62. The molecule has 1 aromatic heterocycles. The van der Waals surface area contributed by atoms with Crippen LogP contribution >= 0.6 is 0 Å². The highest BCUT2D eigenvalue weighted by atomic mass is 16.2. The van der Waals surface area contributed by atoms with Crippen LogP contribution in [0.15, 0.2) is 0 Å². The van der Waals surface area contributed by atoms with Crippen LogP contribution in [0.3, 0.4) is 0 Å². The lowest BCUT2D eigenvalue weighted by molar-refractivity contribution is -0.128. The first kappa shape index (κ1) is 16.4. The summed E-state index contributed by atoms with van der Waals surface area (Å²) in [7, 11) is 0. The molecule has 2 N–H and O–H groups in total. The van der Waals surface area contributed by atoms with Crippen LogP contribution in [-0.2, 0) is 4.79 Å². The summed E-state index contributed by atoms with van der Waals surface area (Å²) in [5.74, 6) is 2.53. The highest BCUT2D eigenvalue weighted by Gasteiger charge is 2.39. The molecule has 25 heavy (non-hydrogen) atoms. The standard InChI is InChI=1S/C17H26N6O2/c1-11-19-16(21-20-11)13-4-6-22(7-5-13)17(25)18-9-12-8-15(24)23(10-12)14-2-3-14/h12-14H,2-10H2,1H3,(H,18,25)(H,19,20,21)/t12-/m0/s1. The summed E-state index contributed by atoms with van der Waals surface area (Å²) in [4.78, 5) is 32.6. The summed E-state index contributed by atoms with van der Waals surface area (Å²) < 4.78 is 0. The van der Waals surface area contributed by atoms with Crippen LogP contribution in [0.5, 0.6) is 0 Å². The van der Waals surface area contributed by atoms with Crippen molar-refractivity contribution in [2.75, 3.05) is 26.2 Å². The molecule has 0 aromatic carbocycles. The second-order valence-electron chi connectivity index (χ2n) is 7.57. The van der Waals surface area contributed by atoms with E-state index in [1.807, 2.05) is 16.7 Å². The minimum Gasteiger partial charge on any atom is -0.339 e. The van der Waals surface area contributed by atoms with Gasteiger partial charge in [-0.05, 0) is 32.6 Å². The van der Waals surface area contributed by atoms with Crippen molar-refractivity contribution in [1.29, 1.82) is 0 Å². The van der Waals surface area contributed by atoms with Gasteiger partial charge in [-0.25, -0.2) is 9.78 Å². The Bertz CT molecular complexity index is 647. The maximum absolute atomic E-state index is 12.4. The lowest BCUT2D eigenvalue weighted by atomic mass is 9.96. The Morgan fingerprint density at radius 1 is 1.28 bits per heavy atom. The summed E-state index contributed by atoms with van der Waals surface area (Å²) >= 11 is 0. The summed E-state index contributed by atoms with van der Waals surface area (Å²) in [5, 5.41) is 10.1. The number of rotatable bonds is 4. The lowest BCUT2D eigenvalue weighted by Crippen LogP contribution is -2.45. The number of aryl methyl sites for hydroxylation is 1. The molecule has 0 spiro atoms. The highest BCUT2D eigenvalue weighted by molar-refractivity contribution is 5.79. The van der Waals surface area contributed by atoms with Gasteiger partial charge in [-0.3, -0.25) is 9.89 Å². The van der Waals surface area contributed by atoms with E-state index in [2.05, 4.69) is 20.5 Å². The van der Waals surface area contributed by atoms with E-state index in [1.165, 1.54) is 0 Å². The van der Waals surface area contributed by atoms with E-state index in [0.717, 1.165) is 57.0 Å². The molecule has 3 amide bonds. The molecule has 3 heterocycles. The number of H-pyrrole nitrogens is 1. The molecule has 3 aliphatic rings. The smallest absolute Gasteiger partial charge is 0.317 e. The van der Waals surface area contributed by atoms with Gasteiger partial charge in [-0.15, -0.1) is 0 Å². The van der Waals surface area contributed by atoms with Crippen LogP contribution in [0.2, 0.25) is 0 Å². The molecule has 8 heteroatoms. The molecular weight excluding hydrogens is 320 g/mol. The molecule has 1 aromatic rings. The third-order valence-electron chi connectivity index (χ3n) is 5.53. The van der Waals surface area contributed by atoms with E-state index in [9.17, 15) is 9.59 Å². The first-order valence-electron chi connectivity index (χ1n) is 9.31. The van der Waals surface area contributed by atoms with Crippen LogP contribution in [0.4, 0.5) is 4.79 Å². The minimum atomic E-state index is -0.0121. The topological polar surface area (TPSA) is 94.2 Å². The Labute approximate surface area is 147 Å². The zero-order valence-corrected chi connectivity index (χ0v) is 14.7. The number of hydrogen-bond acceptors (Lipinski definition) is 4. The van der Waals surface area contributed by atoms with Gasteiger partial charge in [0.15, 0.2) is 5.82 Å². The quantitative estimate of drug-likeness (QED) is 0.851.